The monoisotopic (exact) mass is 455 g/mol. The molecule has 2 aromatic heterocycles. The third-order valence-electron chi connectivity index (χ3n) is 6.34. The van der Waals surface area contributed by atoms with Gasteiger partial charge in [0.15, 0.2) is 0 Å². The molecule has 1 fully saturated rings. The van der Waals surface area contributed by atoms with Gasteiger partial charge in [-0.15, -0.1) is 0 Å². The molecule has 1 saturated carbocycles. The molecule has 9 heteroatoms. The van der Waals surface area contributed by atoms with Crippen LogP contribution in [-0.2, 0) is 13.0 Å². The summed E-state index contributed by atoms with van der Waals surface area (Å²) < 4.78 is 5.74. The van der Waals surface area contributed by atoms with Crippen LogP contribution in [0.1, 0.15) is 58.3 Å². The zero-order chi connectivity index (χ0) is 22.2. The smallest absolute Gasteiger partial charge is 0.307 e. The molecule has 0 saturated heterocycles. The van der Waals surface area contributed by atoms with E-state index in [0.717, 1.165) is 61.0 Å². The van der Waals surface area contributed by atoms with Gasteiger partial charge in [0.05, 0.1) is 12.2 Å². The number of fused-ring (bicyclic) bond motifs is 2. The summed E-state index contributed by atoms with van der Waals surface area (Å²) in [7, 11) is 2.02. The summed E-state index contributed by atoms with van der Waals surface area (Å²) in [5.74, 6) is 0.344. The van der Waals surface area contributed by atoms with Gasteiger partial charge in [0.2, 0.25) is 0 Å². The van der Waals surface area contributed by atoms with Gasteiger partial charge >= 0.3 is 5.91 Å². The van der Waals surface area contributed by atoms with E-state index < -0.39 is 0 Å². The van der Waals surface area contributed by atoms with E-state index >= 15 is 0 Å². The number of hydrogen-bond donors (Lipinski definition) is 3. The minimum absolute atomic E-state index is 0.105. The van der Waals surface area contributed by atoms with Crippen molar-refractivity contribution in [3.05, 3.63) is 52.3 Å². The number of benzene rings is 1. The Morgan fingerprint density at radius 3 is 2.69 bits per heavy atom. The molecule has 168 valence electrons. The number of nitrogens with zero attached hydrogens (tertiary/aromatic N) is 2. The normalized spacial score (nSPS) is 21.3. The first-order valence-corrected chi connectivity index (χ1v) is 11.4. The summed E-state index contributed by atoms with van der Waals surface area (Å²) in [5.41, 5.74) is 2.19. The van der Waals surface area contributed by atoms with Crippen molar-refractivity contribution in [3.8, 4) is 0 Å². The molecule has 32 heavy (non-hydrogen) atoms. The van der Waals surface area contributed by atoms with Crippen molar-refractivity contribution in [1.29, 1.82) is 0 Å². The van der Waals surface area contributed by atoms with Gasteiger partial charge in [-0.1, -0.05) is 24.4 Å². The zero-order valence-corrected chi connectivity index (χ0v) is 18.7. The van der Waals surface area contributed by atoms with Crippen LogP contribution in [0.15, 0.2) is 28.7 Å². The second kappa shape index (κ2) is 8.60. The average Bonchev–Trinajstić information content (AvgIpc) is 3.38. The lowest BCUT2D eigenvalue weighted by atomic mass is 9.90. The number of carbonyl (C=O) groups excluding carboxylic acids is 2. The van der Waals surface area contributed by atoms with Crippen LogP contribution in [0.2, 0.25) is 5.02 Å². The Morgan fingerprint density at radius 1 is 1.16 bits per heavy atom. The van der Waals surface area contributed by atoms with Gasteiger partial charge in [-0.3, -0.25) is 14.5 Å². The van der Waals surface area contributed by atoms with Gasteiger partial charge in [0.1, 0.15) is 11.5 Å². The molecule has 0 spiro atoms. The van der Waals surface area contributed by atoms with E-state index in [1.54, 1.807) is 12.1 Å². The van der Waals surface area contributed by atoms with Crippen LogP contribution in [0.5, 0.6) is 0 Å². The number of aromatic nitrogens is 2. The summed E-state index contributed by atoms with van der Waals surface area (Å²) in [6, 6.07) is 6.92. The molecular weight excluding hydrogens is 430 g/mol. The Balaban J connectivity index is 1.27. The Bertz CT molecular complexity index is 1170. The zero-order valence-electron chi connectivity index (χ0n) is 17.9. The minimum atomic E-state index is -0.326. The summed E-state index contributed by atoms with van der Waals surface area (Å²) in [4.78, 5) is 35.4. The molecule has 8 nitrogen and oxygen atoms in total. The molecule has 2 atom stereocenters. The average molecular weight is 456 g/mol. The molecule has 2 amide bonds. The highest BCUT2D eigenvalue weighted by Crippen LogP contribution is 2.23. The molecular formula is C23H26ClN5O3. The molecule has 3 N–H and O–H groups in total. The first-order valence-electron chi connectivity index (χ1n) is 11.0. The molecule has 3 heterocycles. The molecule has 1 aromatic carbocycles. The van der Waals surface area contributed by atoms with Gasteiger partial charge < -0.3 is 20.0 Å². The fraction of sp³-hybridized carbons (Fsp3) is 0.435. The molecule has 1 aliphatic heterocycles. The van der Waals surface area contributed by atoms with E-state index in [1.165, 1.54) is 0 Å². The minimum Gasteiger partial charge on any atom is -0.436 e. The number of hydrogen-bond acceptors (Lipinski definition) is 5. The number of nitrogens with one attached hydrogen (secondary N) is 3. The maximum atomic E-state index is 12.9. The lowest BCUT2D eigenvalue weighted by Crippen LogP contribution is -2.53. The molecule has 2 unspecified atom stereocenters. The third-order valence-corrected chi connectivity index (χ3v) is 6.58. The highest BCUT2D eigenvalue weighted by molar-refractivity contribution is 6.31. The van der Waals surface area contributed by atoms with Crippen molar-refractivity contribution < 1.29 is 14.0 Å². The maximum Gasteiger partial charge on any atom is 0.307 e. The van der Waals surface area contributed by atoms with E-state index in [9.17, 15) is 9.59 Å². The fourth-order valence-electron chi connectivity index (χ4n) is 4.60. The number of amides is 2. The standard InChI is InChI=1S/C23H26ClN5O3/c1-29-9-8-18-20(12-29)32-23(28-18)22(31)27-17-5-3-2-4-16(17)26-21(30)19-11-13-10-14(24)6-7-15(13)25-19/h6-7,10-11,16-17,25H,2-5,8-9,12H2,1H3,(H,26,30)(H,27,31). The molecule has 1 aliphatic carbocycles. The second-order valence-electron chi connectivity index (χ2n) is 8.74. The van der Waals surface area contributed by atoms with E-state index in [-0.39, 0.29) is 29.8 Å². The predicted molar refractivity (Wildman–Crippen MR) is 121 cm³/mol. The summed E-state index contributed by atoms with van der Waals surface area (Å²) in [6.07, 6.45) is 4.37. The van der Waals surface area contributed by atoms with Crippen molar-refractivity contribution in [2.24, 2.45) is 0 Å². The van der Waals surface area contributed by atoms with Gasteiger partial charge in [-0.25, -0.2) is 4.98 Å². The number of aromatic amines is 1. The highest BCUT2D eigenvalue weighted by atomic mass is 35.5. The van der Waals surface area contributed by atoms with E-state index in [0.29, 0.717) is 17.3 Å². The molecule has 2 aliphatic rings. The lowest BCUT2D eigenvalue weighted by molar-refractivity contribution is 0.0839. The molecule has 5 rings (SSSR count). The Morgan fingerprint density at radius 2 is 1.91 bits per heavy atom. The molecule has 3 aromatic rings. The number of H-pyrrole nitrogens is 1. The second-order valence-corrected chi connectivity index (χ2v) is 9.17. The van der Waals surface area contributed by atoms with Gasteiger partial charge in [0, 0.05) is 41.0 Å². The summed E-state index contributed by atoms with van der Waals surface area (Å²) >= 11 is 6.05. The van der Waals surface area contributed by atoms with Gasteiger partial charge in [-0.05, 0) is 44.2 Å². The summed E-state index contributed by atoms with van der Waals surface area (Å²) in [6.45, 7) is 1.56. The van der Waals surface area contributed by atoms with Crippen LogP contribution in [0.4, 0.5) is 0 Å². The Hall–Kier alpha value is -2.84. The SMILES string of the molecule is CN1CCc2nc(C(=O)NC3CCCCC3NC(=O)c3cc4cc(Cl)ccc4[nH]3)oc2C1. The quantitative estimate of drug-likeness (QED) is 0.560. The largest absolute Gasteiger partial charge is 0.436 e. The van der Waals surface area contributed by atoms with Crippen molar-refractivity contribution in [1.82, 2.24) is 25.5 Å². The van der Waals surface area contributed by atoms with Crippen molar-refractivity contribution >= 4 is 34.3 Å². The lowest BCUT2D eigenvalue weighted by Gasteiger charge is -2.32. The molecule has 0 bridgehead atoms. The Kier molecular flexibility index (Phi) is 5.65. The van der Waals surface area contributed by atoms with Crippen LogP contribution in [0.3, 0.4) is 0 Å². The van der Waals surface area contributed by atoms with Crippen LogP contribution in [-0.4, -0.2) is 52.4 Å². The first-order chi connectivity index (χ1) is 15.5. The van der Waals surface area contributed by atoms with Crippen molar-refractivity contribution in [2.45, 2.75) is 50.7 Å². The number of halogens is 1. The number of oxazole rings is 1. The van der Waals surface area contributed by atoms with E-state index in [1.807, 2.05) is 19.2 Å². The van der Waals surface area contributed by atoms with Gasteiger partial charge in [-0.2, -0.15) is 0 Å². The van der Waals surface area contributed by atoms with Crippen molar-refractivity contribution in [3.63, 3.8) is 0 Å². The number of carbonyl (C=O) groups is 2. The first kappa shape index (κ1) is 21.0. The highest BCUT2D eigenvalue weighted by Gasteiger charge is 2.31. The van der Waals surface area contributed by atoms with E-state index in [2.05, 4.69) is 25.5 Å². The van der Waals surface area contributed by atoms with Crippen LogP contribution in [0, 0.1) is 0 Å². The Labute approximate surface area is 190 Å². The third kappa shape index (κ3) is 4.25. The fourth-order valence-corrected chi connectivity index (χ4v) is 4.78. The molecule has 0 radical (unpaired) electrons. The van der Waals surface area contributed by atoms with Crippen LogP contribution >= 0.6 is 11.6 Å². The van der Waals surface area contributed by atoms with Crippen LogP contribution in [0.25, 0.3) is 10.9 Å². The van der Waals surface area contributed by atoms with E-state index in [4.69, 9.17) is 16.0 Å². The number of rotatable bonds is 4. The van der Waals surface area contributed by atoms with Crippen molar-refractivity contribution in [2.75, 3.05) is 13.6 Å². The summed E-state index contributed by atoms with van der Waals surface area (Å²) in [5, 5.41) is 7.65. The predicted octanol–water partition coefficient (Wildman–Crippen LogP) is 3.27. The van der Waals surface area contributed by atoms with Gasteiger partial charge in [0.25, 0.3) is 11.8 Å². The topological polar surface area (TPSA) is 103 Å². The maximum absolute atomic E-state index is 12.9. The number of likely N-dealkylation sites (N-methyl/N-ethyl adjacent to an activating group) is 1. The van der Waals surface area contributed by atoms with Crippen LogP contribution < -0.4 is 10.6 Å².